The molecule has 2 atom stereocenters. The Labute approximate surface area is 113 Å². The van der Waals surface area contributed by atoms with Crippen molar-refractivity contribution in [1.29, 1.82) is 0 Å². The van der Waals surface area contributed by atoms with Crippen LogP contribution in [0.2, 0.25) is 0 Å². The topological polar surface area (TPSA) is 21.3 Å². The van der Waals surface area contributed by atoms with Crippen molar-refractivity contribution in [1.82, 2.24) is 5.32 Å². The highest BCUT2D eigenvalue weighted by Gasteiger charge is 2.19. The number of benzene rings is 1. The van der Waals surface area contributed by atoms with Gasteiger partial charge in [-0.15, -0.1) is 0 Å². The minimum absolute atomic E-state index is 0.0144. The molecule has 1 aliphatic heterocycles. The highest BCUT2D eigenvalue weighted by Crippen LogP contribution is 2.25. The first-order valence-electron chi connectivity index (χ1n) is 7.00. The van der Waals surface area contributed by atoms with Crippen LogP contribution in [-0.4, -0.2) is 19.3 Å². The largest absolute Gasteiger partial charge is 0.378 e. The van der Waals surface area contributed by atoms with Gasteiger partial charge in [0.05, 0.1) is 6.10 Å². The van der Waals surface area contributed by atoms with Crippen LogP contribution in [0.25, 0.3) is 0 Å². The van der Waals surface area contributed by atoms with E-state index in [2.05, 4.69) is 5.32 Å². The van der Waals surface area contributed by atoms with Crippen LogP contribution in [0.3, 0.4) is 0 Å². The molecule has 1 saturated heterocycles. The summed E-state index contributed by atoms with van der Waals surface area (Å²) in [5.74, 6) is -1.04. The average Bonchev–Trinajstić information content (AvgIpc) is 2.86. The molecule has 1 heterocycles. The Morgan fingerprint density at radius 3 is 2.63 bits per heavy atom. The van der Waals surface area contributed by atoms with Crippen LogP contribution in [0, 0.1) is 11.6 Å². The maximum Gasteiger partial charge on any atom is 0.126 e. The number of nitrogens with one attached hydrogen (secondary N) is 1. The van der Waals surface area contributed by atoms with Gasteiger partial charge >= 0.3 is 0 Å². The molecule has 1 fully saturated rings. The predicted molar refractivity (Wildman–Crippen MR) is 71.0 cm³/mol. The fraction of sp³-hybridized carbons (Fsp3) is 0.600. The molecule has 4 heteroatoms. The lowest BCUT2D eigenvalue weighted by atomic mass is 9.99. The number of hydrogen-bond acceptors (Lipinski definition) is 2. The highest BCUT2D eigenvalue weighted by molar-refractivity contribution is 5.21. The van der Waals surface area contributed by atoms with Gasteiger partial charge in [-0.3, -0.25) is 0 Å². The van der Waals surface area contributed by atoms with Crippen molar-refractivity contribution in [2.24, 2.45) is 0 Å². The summed E-state index contributed by atoms with van der Waals surface area (Å²) in [6, 6.07) is 3.71. The van der Waals surface area contributed by atoms with E-state index in [1.807, 2.05) is 6.92 Å². The summed E-state index contributed by atoms with van der Waals surface area (Å²) in [4.78, 5) is 0. The van der Waals surface area contributed by atoms with E-state index in [0.717, 1.165) is 44.9 Å². The smallest absolute Gasteiger partial charge is 0.126 e. The van der Waals surface area contributed by atoms with Crippen LogP contribution in [0.4, 0.5) is 8.78 Å². The lowest BCUT2D eigenvalue weighted by Gasteiger charge is -2.20. The van der Waals surface area contributed by atoms with Gasteiger partial charge in [-0.05, 0) is 49.9 Å². The third kappa shape index (κ3) is 4.25. The van der Waals surface area contributed by atoms with Crippen LogP contribution in [0.1, 0.15) is 44.2 Å². The van der Waals surface area contributed by atoms with Crippen LogP contribution in [-0.2, 0) is 4.74 Å². The van der Waals surface area contributed by atoms with Crippen molar-refractivity contribution >= 4 is 0 Å². The summed E-state index contributed by atoms with van der Waals surface area (Å²) in [7, 11) is 0. The van der Waals surface area contributed by atoms with Crippen molar-refractivity contribution in [2.45, 2.75) is 44.8 Å². The third-order valence-electron chi connectivity index (χ3n) is 3.54. The van der Waals surface area contributed by atoms with Gasteiger partial charge < -0.3 is 10.1 Å². The first kappa shape index (κ1) is 14.4. The normalized spacial score (nSPS) is 20.7. The fourth-order valence-corrected chi connectivity index (χ4v) is 2.63. The molecule has 1 aromatic carbocycles. The maximum atomic E-state index is 13.3. The second kappa shape index (κ2) is 6.96. The molecule has 106 valence electrons. The summed E-state index contributed by atoms with van der Waals surface area (Å²) in [6.45, 7) is 3.61. The number of rotatable bonds is 6. The highest BCUT2D eigenvalue weighted by atomic mass is 19.1. The fourth-order valence-electron chi connectivity index (χ4n) is 2.63. The Balaban J connectivity index is 2.00. The standard InChI is InChI=1S/C15H21F2NO/c1-2-18-15(6-5-14-4-3-7-19-14)11-8-12(16)10-13(17)9-11/h8-10,14-15,18H,2-7H2,1H3. The Morgan fingerprint density at radius 2 is 2.05 bits per heavy atom. The molecule has 0 aromatic heterocycles. The lowest BCUT2D eigenvalue weighted by molar-refractivity contribution is 0.0996. The number of ether oxygens (including phenoxy) is 1. The summed E-state index contributed by atoms with van der Waals surface area (Å²) in [5, 5.41) is 3.29. The summed E-state index contributed by atoms with van der Waals surface area (Å²) < 4.78 is 32.1. The number of halogens is 2. The van der Waals surface area contributed by atoms with Gasteiger partial charge in [0.2, 0.25) is 0 Å². The van der Waals surface area contributed by atoms with E-state index in [9.17, 15) is 8.78 Å². The summed E-state index contributed by atoms with van der Waals surface area (Å²) in [6.07, 6.45) is 4.28. The molecule has 2 nitrogen and oxygen atoms in total. The summed E-state index contributed by atoms with van der Waals surface area (Å²) in [5.41, 5.74) is 0.678. The zero-order chi connectivity index (χ0) is 13.7. The van der Waals surface area contributed by atoms with E-state index in [4.69, 9.17) is 4.74 Å². The molecule has 0 aliphatic carbocycles. The van der Waals surface area contributed by atoms with Crippen molar-refractivity contribution in [2.75, 3.05) is 13.2 Å². The Hall–Kier alpha value is -1.00. The van der Waals surface area contributed by atoms with E-state index in [-0.39, 0.29) is 6.04 Å². The molecule has 1 aromatic rings. The quantitative estimate of drug-likeness (QED) is 0.852. The molecule has 0 radical (unpaired) electrons. The van der Waals surface area contributed by atoms with Crippen LogP contribution in [0.5, 0.6) is 0 Å². The van der Waals surface area contributed by atoms with Gasteiger partial charge in [-0.1, -0.05) is 6.92 Å². The second-order valence-electron chi connectivity index (χ2n) is 5.03. The minimum Gasteiger partial charge on any atom is -0.378 e. The molecule has 0 spiro atoms. The van der Waals surface area contributed by atoms with Gasteiger partial charge in [0.1, 0.15) is 11.6 Å². The zero-order valence-electron chi connectivity index (χ0n) is 11.3. The Kier molecular flexibility index (Phi) is 5.28. The molecule has 1 aliphatic rings. The van der Waals surface area contributed by atoms with E-state index < -0.39 is 11.6 Å². The van der Waals surface area contributed by atoms with Crippen molar-refractivity contribution in [3.05, 3.63) is 35.4 Å². The molecule has 0 amide bonds. The molecule has 0 bridgehead atoms. The van der Waals surface area contributed by atoms with Crippen LogP contribution in [0.15, 0.2) is 18.2 Å². The van der Waals surface area contributed by atoms with Gasteiger partial charge in [0.15, 0.2) is 0 Å². The molecule has 2 rings (SSSR count). The van der Waals surface area contributed by atoms with Crippen molar-refractivity contribution in [3.63, 3.8) is 0 Å². The van der Waals surface area contributed by atoms with Gasteiger partial charge in [-0.25, -0.2) is 8.78 Å². The molecule has 0 saturated carbocycles. The second-order valence-corrected chi connectivity index (χ2v) is 5.03. The first-order chi connectivity index (χ1) is 9.19. The van der Waals surface area contributed by atoms with E-state index in [0.29, 0.717) is 11.7 Å². The van der Waals surface area contributed by atoms with Crippen LogP contribution < -0.4 is 5.32 Å². The molecule has 19 heavy (non-hydrogen) atoms. The third-order valence-corrected chi connectivity index (χ3v) is 3.54. The van der Waals surface area contributed by atoms with Gasteiger partial charge in [-0.2, -0.15) is 0 Å². The van der Waals surface area contributed by atoms with E-state index in [1.165, 1.54) is 12.1 Å². The van der Waals surface area contributed by atoms with Gasteiger partial charge in [0, 0.05) is 18.7 Å². The molecular weight excluding hydrogens is 248 g/mol. The molecular formula is C15H21F2NO. The Bertz CT molecular complexity index is 385. The predicted octanol–water partition coefficient (Wildman–Crippen LogP) is 3.57. The zero-order valence-corrected chi connectivity index (χ0v) is 11.3. The minimum atomic E-state index is -0.519. The van der Waals surface area contributed by atoms with Crippen molar-refractivity contribution < 1.29 is 13.5 Å². The Morgan fingerprint density at radius 1 is 1.32 bits per heavy atom. The lowest BCUT2D eigenvalue weighted by Crippen LogP contribution is -2.22. The van der Waals surface area contributed by atoms with E-state index in [1.54, 1.807) is 0 Å². The average molecular weight is 269 g/mol. The van der Waals surface area contributed by atoms with Crippen LogP contribution >= 0.6 is 0 Å². The molecule has 2 unspecified atom stereocenters. The van der Waals surface area contributed by atoms with Crippen molar-refractivity contribution in [3.8, 4) is 0 Å². The maximum absolute atomic E-state index is 13.3. The molecule has 1 N–H and O–H groups in total. The monoisotopic (exact) mass is 269 g/mol. The number of hydrogen-bond donors (Lipinski definition) is 1. The van der Waals surface area contributed by atoms with E-state index >= 15 is 0 Å². The summed E-state index contributed by atoms with van der Waals surface area (Å²) >= 11 is 0. The first-order valence-corrected chi connectivity index (χ1v) is 7.00. The van der Waals surface area contributed by atoms with Gasteiger partial charge in [0.25, 0.3) is 0 Å². The SMILES string of the molecule is CCNC(CCC1CCCO1)c1cc(F)cc(F)c1.